The van der Waals surface area contributed by atoms with Gasteiger partial charge in [-0.25, -0.2) is 12.8 Å². The second-order valence-electron chi connectivity index (χ2n) is 4.54. The number of anilines is 1. The SMILES string of the molecule is Cc1ccc(CS(=O)(=O)c2cc(F)ccc2N)c(Cl)c1. The fourth-order valence-electron chi connectivity index (χ4n) is 1.83. The minimum Gasteiger partial charge on any atom is -0.398 e. The summed E-state index contributed by atoms with van der Waals surface area (Å²) in [6.45, 7) is 1.86. The molecule has 0 radical (unpaired) electrons. The van der Waals surface area contributed by atoms with Crippen LogP contribution in [0.1, 0.15) is 11.1 Å². The van der Waals surface area contributed by atoms with Gasteiger partial charge in [-0.2, -0.15) is 0 Å². The van der Waals surface area contributed by atoms with Crippen molar-refractivity contribution in [3.63, 3.8) is 0 Å². The van der Waals surface area contributed by atoms with Crippen molar-refractivity contribution in [2.45, 2.75) is 17.6 Å². The molecule has 0 aliphatic heterocycles. The van der Waals surface area contributed by atoms with Gasteiger partial charge >= 0.3 is 0 Å². The molecule has 3 nitrogen and oxygen atoms in total. The average Bonchev–Trinajstić information content (AvgIpc) is 2.35. The van der Waals surface area contributed by atoms with Gasteiger partial charge < -0.3 is 5.73 Å². The lowest BCUT2D eigenvalue weighted by Gasteiger charge is -2.09. The maximum atomic E-state index is 13.2. The lowest BCUT2D eigenvalue weighted by molar-refractivity contribution is 0.590. The second kappa shape index (κ2) is 5.42. The molecule has 0 saturated carbocycles. The van der Waals surface area contributed by atoms with Crippen molar-refractivity contribution < 1.29 is 12.8 Å². The summed E-state index contributed by atoms with van der Waals surface area (Å²) in [6, 6.07) is 8.37. The predicted molar refractivity (Wildman–Crippen MR) is 77.9 cm³/mol. The normalized spacial score (nSPS) is 11.6. The molecule has 0 heterocycles. The van der Waals surface area contributed by atoms with Crippen LogP contribution in [0.5, 0.6) is 0 Å². The summed E-state index contributed by atoms with van der Waals surface area (Å²) in [6.07, 6.45) is 0. The van der Waals surface area contributed by atoms with Crippen LogP contribution >= 0.6 is 11.6 Å². The Morgan fingerprint density at radius 1 is 1.20 bits per heavy atom. The molecule has 2 aromatic rings. The van der Waals surface area contributed by atoms with Crippen molar-refractivity contribution in [1.82, 2.24) is 0 Å². The number of rotatable bonds is 3. The van der Waals surface area contributed by atoms with Gasteiger partial charge in [-0.3, -0.25) is 0 Å². The molecule has 2 aromatic carbocycles. The first-order valence-electron chi connectivity index (χ1n) is 5.82. The molecule has 2 N–H and O–H groups in total. The number of benzene rings is 2. The van der Waals surface area contributed by atoms with E-state index in [-0.39, 0.29) is 16.3 Å². The third-order valence-corrected chi connectivity index (χ3v) is 4.93. The first-order valence-corrected chi connectivity index (χ1v) is 7.85. The summed E-state index contributed by atoms with van der Waals surface area (Å²) in [5, 5.41) is 0.364. The first-order chi connectivity index (χ1) is 9.29. The Morgan fingerprint density at radius 2 is 1.90 bits per heavy atom. The molecule has 6 heteroatoms. The van der Waals surface area contributed by atoms with Gasteiger partial charge in [0.25, 0.3) is 0 Å². The van der Waals surface area contributed by atoms with Crippen LogP contribution < -0.4 is 5.73 Å². The van der Waals surface area contributed by atoms with E-state index in [1.807, 2.05) is 6.92 Å². The topological polar surface area (TPSA) is 60.2 Å². The maximum Gasteiger partial charge on any atom is 0.184 e. The van der Waals surface area contributed by atoms with Crippen LogP contribution in [-0.2, 0) is 15.6 Å². The Hall–Kier alpha value is -1.59. The highest BCUT2D eigenvalue weighted by molar-refractivity contribution is 7.90. The first kappa shape index (κ1) is 14.8. The summed E-state index contributed by atoms with van der Waals surface area (Å²) in [4.78, 5) is -0.214. The molecule has 106 valence electrons. The molecule has 0 unspecified atom stereocenters. The van der Waals surface area contributed by atoms with Crippen LogP contribution in [0.2, 0.25) is 5.02 Å². The number of sulfone groups is 1. The average molecular weight is 314 g/mol. The quantitative estimate of drug-likeness (QED) is 0.884. The lowest BCUT2D eigenvalue weighted by Crippen LogP contribution is -2.09. The monoisotopic (exact) mass is 313 g/mol. The highest BCUT2D eigenvalue weighted by Gasteiger charge is 2.20. The van der Waals surface area contributed by atoms with Crippen LogP contribution in [0.3, 0.4) is 0 Å². The largest absolute Gasteiger partial charge is 0.398 e. The van der Waals surface area contributed by atoms with Crippen LogP contribution in [0.4, 0.5) is 10.1 Å². The van der Waals surface area contributed by atoms with Crippen LogP contribution in [0.25, 0.3) is 0 Å². The smallest absolute Gasteiger partial charge is 0.184 e. The molecule has 2 rings (SSSR count). The fraction of sp³-hybridized carbons (Fsp3) is 0.143. The van der Waals surface area contributed by atoms with E-state index in [4.69, 9.17) is 17.3 Å². The summed E-state index contributed by atoms with van der Waals surface area (Å²) in [7, 11) is -3.75. The molecule has 0 aliphatic carbocycles. The molecule has 20 heavy (non-hydrogen) atoms. The van der Waals surface area contributed by atoms with Crippen molar-refractivity contribution >= 4 is 27.1 Å². The van der Waals surface area contributed by atoms with Crippen molar-refractivity contribution in [3.8, 4) is 0 Å². The van der Waals surface area contributed by atoms with Crippen LogP contribution in [-0.4, -0.2) is 8.42 Å². The van der Waals surface area contributed by atoms with Gasteiger partial charge in [0.1, 0.15) is 5.82 Å². The van der Waals surface area contributed by atoms with Gasteiger partial charge in [0, 0.05) is 5.02 Å². The van der Waals surface area contributed by atoms with E-state index in [9.17, 15) is 12.8 Å². The van der Waals surface area contributed by atoms with Crippen molar-refractivity contribution in [3.05, 3.63) is 58.4 Å². The van der Waals surface area contributed by atoms with Gasteiger partial charge in [0.05, 0.1) is 16.3 Å². The Balaban J connectivity index is 2.43. The summed E-state index contributed by atoms with van der Waals surface area (Å²) in [5.74, 6) is -0.965. The Morgan fingerprint density at radius 3 is 2.55 bits per heavy atom. The zero-order valence-electron chi connectivity index (χ0n) is 10.7. The molecule has 0 spiro atoms. The second-order valence-corrected chi connectivity index (χ2v) is 6.90. The minimum absolute atomic E-state index is 0.0228. The Labute approximate surface area is 122 Å². The number of hydrogen-bond acceptors (Lipinski definition) is 3. The zero-order chi connectivity index (χ0) is 14.9. The molecule has 0 amide bonds. The third-order valence-electron chi connectivity index (χ3n) is 2.86. The van der Waals surface area contributed by atoms with Gasteiger partial charge in [-0.15, -0.1) is 0 Å². The van der Waals surface area contributed by atoms with E-state index in [2.05, 4.69) is 0 Å². The Kier molecular flexibility index (Phi) is 4.01. The van der Waals surface area contributed by atoms with E-state index < -0.39 is 15.7 Å². The highest BCUT2D eigenvalue weighted by atomic mass is 35.5. The summed E-state index contributed by atoms with van der Waals surface area (Å²) < 4.78 is 37.8. The van der Waals surface area contributed by atoms with Crippen molar-refractivity contribution in [2.75, 3.05) is 5.73 Å². The molecular weight excluding hydrogens is 301 g/mol. The molecule has 0 atom stereocenters. The molecule has 0 saturated heterocycles. The van der Waals surface area contributed by atoms with Gasteiger partial charge in [0.15, 0.2) is 9.84 Å². The van der Waals surface area contributed by atoms with Crippen LogP contribution in [0.15, 0.2) is 41.3 Å². The van der Waals surface area contributed by atoms with E-state index in [0.717, 1.165) is 17.7 Å². The van der Waals surface area contributed by atoms with Crippen molar-refractivity contribution in [2.24, 2.45) is 0 Å². The van der Waals surface area contributed by atoms with Crippen LogP contribution in [0, 0.1) is 12.7 Å². The Bertz CT molecular complexity index is 760. The summed E-state index contributed by atoms with van der Waals surface area (Å²) in [5.41, 5.74) is 7.03. The maximum absolute atomic E-state index is 13.2. The van der Waals surface area contributed by atoms with Crippen molar-refractivity contribution in [1.29, 1.82) is 0 Å². The molecular formula is C14H13ClFNO2S. The molecule has 0 aliphatic rings. The molecule has 0 bridgehead atoms. The minimum atomic E-state index is -3.75. The zero-order valence-corrected chi connectivity index (χ0v) is 12.3. The van der Waals surface area contributed by atoms with Gasteiger partial charge in [-0.1, -0.05) is 23.7 Å². The van der Waals surface area contributed by atoms with E-state index in [1.54, 1.807) is 18.2 Å². The molecule has 0 aromatic heterocycles. The predicted octanol–water partition coefficient (Wildman–Crippen LogP) is 3.34. The number of nitrogens with two attached hydrogens (primary N) is 1. The lowest BCUT2D eigenvalue weighted by atomic mass is 10.2. The number of nitrogen functional groups attached to an aromatic ring is 1. The fourth-order valence-corrected chi connectivity index (χ4v) is 3.75. The van der Waals surface area contributed by atoms with Gasteiger partial charge in [-0.05, 0) is 42.3 Å². The number of hydrogen-bond donors (Lipinski definition) is 1. The highest BCUT2D eigenvalue weighted by Crippen LogP contribution is 2.26. The molecule has 0 fully saturated rings. The summed E-state index contributed by atoms with van der Waals surface area (Å²) >= 11 is 6.02. The van der Waals surface area contributed by atoms with E-state index in [0.29, 0.717) is 10.6 Å². The van der Waals surface area contributed by atoms with E-state index >= 15 is 0 Å². The standard InChI is InChI=1S/C14H13ClFNO2S/c1-9-2-3-10(12(15)6-9)8-20(18,19)14-7-11(16)4-5-13(14)17/h2-7H,8,17H2,1H3. The van der Waals surface area contributed by atoms with E-state index in [1.165, 1.54) is 6.07 Å². The van der Waals surface area contributed by atoms with Gasteiger partial charge in [0.2, 0.25) is 0 Å². The number of halogens is 2. The number of aryl methyl sites for hydroxylation is 1. The third kappa shape index (κ3) is 3.11.